The highest BCUT2D eigenvalue weighted by atomic mass is 16.5. The molecule has 1 rings (SSSR count). The molecule has 1 fully saturated rings. The van der Waals surface area contributed by atoms with Crippen LogP contribution in [0.5, 0.6) is 0 Å². The van der Waals surface area contributed by atoms with Gasteiger partial charge in [0.05, 0.1) is 18.8 Å². The van der Waals surface area contributed by atoms with E-state index >= 15 is 0 Å². The van der Waals surface area contributed by atoms with Gasteiger partial charge in [0.1, 0.15) is 0 Å². The van der Waals surface area contributed by atoms with Crippen LogP contribution >= 0.6 is 0 Å². The first-order valence-electron chi connectivity index (χ1n) is 21.0. The fourth-order valence-electron chi connectivity index (χ4n) is 6.29. The smallest absolute Gasteiger partial charge is 0.0934 e. The molecule has 1 heterocycles. The second-order valence-corrected chi connectivity index (χ2v) is 14.3. The van der Waals surface area contributed by atoms with Crippen LogP contribution in [0, 0.1) is 0 Å². The van der Waals surface area contributed by atoms with Crippen molar-refractivity contribution in [3.63, 3.8) is 0 Å². The zero-order valence-electron chi connectivity index (χ0n) is 32.1. The van der Waals surface area contributed by atoms with Crippen LogP contribution in [0.4, 0.5) is 0 Å². The van der Waals surface area contributed by atoms with E-state index in [-0.39, 0.29) is 12.2 Å². The SMILES string of the molecule is CCCCCC=CCC=CCCCCCCCCOCC(CN1CCC(O)CC1)OCCCCCCCCC=CCC=CCCCCC. The van der Waals surface area contributed by atoms with Gasteiger partial charge in [0.25, 0.3) is 0 Å². The number of nitrogens with zero attached hydrogens (tertiary/aromatic N) is 1. The number of ether oxygens (including phenoxy) is 2. The molecule has 0 aromatic heterocycles. The molecule has 4 heteroatoms. The van der Waals surface area contributed by atoms with Crippen LogP contribution in [-0.2, 0) is 9.47 Å². The summed E-state index contributed by atoms with van der Waals surface area (Å²) >= 11 is 0. The molecule has 0 bridgehead atoms. The lowest BCUT2D eigenvalue weighted by Crippen LogP contribution is -2.42. The molecule has 1 aliphatic rings. The van der Waals surface area contributed by atoms with E-state index in [2.05, 4.69) is 67.4 Å². The van der Waals surface area contributed by atoms with E-state index < -0.39 is 0 Å². The monoisotopic (exact) mass is 672 g/mol. The van der Waals surface area contributed by atoms with Crippen LogP contribution in [0.2, 0.25) is 0 Å². The zero-order valence-corrected chi connectivity index (χ0v) is 32.1. The minimum absolute atomic E-state index is 0.126. The largest absolute Gasteiger partial charge is 0.393 e. The molecule has 48 heavy (non-hydrogen) atoms. The maximum atomic E-state index is 9.91. The zero-order chi connectivity index (χ0) is 34.4. The molecule has 4 nitrogen and oxygen atoms in total. The van der Waals surface area contributed by atoms with E-state index in [1.807, 2.05) is 0 Å². The maximum absolute atomic E-state index is 9.91. The summed E-state index contributed by atoms with van der Waals surface area (Å²) in [6, 6.07) is 0. The van der Waals surface area contributed by atoms with Crippen molar-refractivity contribution in [2.24, 2.45) is 0 Å². The molecule has 280 valence electrons. The maximum Gasteiger partial charge on any atom is 0.0934 e. The summed E-state index contributed by atoms with van der Waals surface area (Å²) in [4.78, 5) is 2.46. The quantitative estimate of drug-likeness (QED) is 0.0538. The van der Waals surface area contributed by atoms with Crippen molar-refractivity contribution in [1.82, 2.24) is 4.90 Å². The predicted molar refractivity (Wildman–Crippen MR) is 211 cm³/mol. The lowest BCUT2D eigenvalue weighted by molar-refractivity contribution is -0.0414. The van der Waals surface area contributed by atoms with Crippen LogP contribution in [0.15, 0.2) is 48.6 Å². The molecule has 0 amide bonds. The molecule has 0 aromatic carbocycles. The molecule has 1 atom stereocenters. The van der Waals surface area contributed by atoms with Crippen LogP contribution in [-0.4, -0.2) is 61.7 Å². The van der Waals surface area contributed by atoms with E-state index in [9.17, 15) is 5.11 Å². The van der Waals surface area contributed by atoms with Gasteiger partial charge in [-0.1, -0.05) is 140 Å². The van der Waals surface area contributed by atoms with Crippen molar-refractivity contribution < 1.29 is 14.6 Å². The summed E-state index contributed by atoms with van der Waals surface area (Å²) in [5, 5.41) is 9.91. The lowest BCUT2D eigenvalue weighted by Gasteiger charge is -2.32. The highest BCUT2D eigenvalue weighted by Gasteiger charge is 2.21. The number of aliphatic hydroxyl groups excluding tert-OH is 1. The highest BCUT2D eigenvalue weighted by Crippen LogP contribution is 2.14. The number of rotatable bonds is 35. The summed E-state index contributed by atoms with van der Waals surface area (Å²) in [7, 11) is 0. The fraction of sp³-hybridized carbons (Fsp3) is 0.818. The Kier molecular flexibility index (Phi) is 34.6. The van der Waals surface area contributed by atoms with Gasteiger partial charge in [0.15, 0.2) is 0 Å². The summed E-state index contributed by atoms with van der Waals surface area (Å²) in [5.41, 5.74) is 0. The van der Waals surface area contributed by atoms with Crippen molar-refractivity contribution in [2.45, 2.75) is 193 Å². The third-order valence-corrected chi connectivity index (χ3v) is 9.51. The standard InChI is InChI=1S/C44H81NO3/c1-3-5-7-9-11-13-15-17-19-21-23-25-27-29-31-33-39-47-42-44(41-45-37-35-43(46)36-38-45)48-40-34-32-30-28-26-24-22-20-18-16-14-12-10-8-6-4-2/h11-14,17-20,43-44,46H,3-10,15-16,21-42H2,1-2H3. The molecular weight excluding hydrogens is 590 g/mol. The van der Waals surface area contributed by atoms with Crippen molar-refractivity contribution in [3.8, 4) is 0 Å². The van der Waals surface area contributed by atoms with Gasteiger partial charge in [-0.3, -0.25) is 0 Å². The van der Waals surface area contributed by atoms with Gasteiger partial charge in [-0.05, 0) is 89.9 Å². The van der Waals surface area contributed by atoms with Crippen LogP contribution in [0.3, 0.4) is 0 Å². The van der Waals surface area contributed by atoms with Crippen molar-refractivity contribution in [2.75, 3.05) is 39.5 Å². The Bertz CT molecular complexity index is 752. The number of hydrogen-bond donors (Lipinski definition) is 1. The molecule has 1 saturated heterocycles. The minimum atomic E-state index is -0.126. The van der Waals surface area contributed by atoms with Crippen LogP contribution < -0.4 is 0 Å². The van der Waals surface area contributed by atoms with Gasteiger partial charge in [-0.25, -0.2) is 0 Å². The molecule has 0 aliphatic carbocycles. The first-order valence-corrected chi connectivity index (χ1v) is 21.0. The highest BCUT2D eigenvalue weighted by molar-refractivity contribution is 4.93. The number of likely N-dealkylation sites (tertiary alicyclic amines) is 1. The van der Waals surface area contributed by atoms with E-state index in [0.29, 0.717) is 6.61 Å². The first-order chi connectivity index (χ1) is 23.8. The Hall–Kier alpha value is -1.20. The summed E-state index contributed by atoms with van der Waals surface area (Å²) < 4.78 is 12.5. The Morgan fingerprint density at radius 3 is 1.44 bits per heavy atom. The molecule has 1 aliphatic heterocycles. The molecule has 1 unspecified atom stereocenters. The average Bonchev–Trinajstić information content (AvgIpc) is 3.09. The van der Waals surface area contributed by atoms with Gasteiger partial charge in [0, 0.05) is 32.8 Å². The van der Waals surface area contributed by atoms with Crippen LogP contribution in [0.1, 0.15) is 181 Å². The van der Waals surface area contributed by atoms with E-state index in [0.717, 1.165) is 71.4 Å². The average molecular weight is 672 g/mol. The van der Waals surface area contributed by atoms with Crippen molar-refractivity contribution in [3.05, 3.63) is 48.6 Å². The molecule has 1 N–H and O–H groups in total. The first kappa shape index (κ1) is 44.8. The van der Waals surface area contributed by atoms with E-state index in [1.54, 1.807) is 0 Å². The second-order valence-electron chi connectivity index (χ2n) is 14.3. The topological polar surface area (TPSA) is 41.9 Å². The molecule has 0 spiro atoms. The molecule has 0 aromatic rings. The number of piperidine rings is 1. The third kappa shape index (κ3) is 32.0. The third-order valence-electron chi connectivity index (χ3n) is 9.51. The Morgan fingerprint density at radius 2 is 0.958 bits per heavy atom. The number of unbranched alkanes of at least 4 members (excludes halogenated alkanes) is 18. The van der Waals surface area contributed by atoms with Gasteiger partial charge < -0.3 is 19.5 Å². The molecule has 0 saturated carbocycles. The van der Waals surface area contributed by atoms with Crippen molar-refractivity contribution in [1.29, 1.82) is 0 Å². The van der Waals surface area contributed by atoms with E-state index in [1.165, 1.54) is 128 Å². The van der Waals surface area contributed by atoms with E-state index in [4.69, 9.17) is 9.47 Å². The Morgan fingerprint density at radius 1 is 0.542 bits per heavy atom. The van der Waals surface area contributed by atoms with Crippen molar-refractivity contribution >= 4 is 0 Å². The molecular formula is C44H81NO3. The second kappa shape index (κ2) is 37.1. The van der Waals surface area contributed by atoms with Gasteiger partial charge in [-0.2, -0.15) is 0 Å². The minimum Gasteiger partial charge on any atom is -0.393 e. The van der Waals surface area contributed by atoms with Gasteiger partial charge in [-0.15, -0.1) is 0 Å². The predicted octanol–water partition coefficient (Wildman–Crippen LogP) is 12.5. The normalized spacial score (nSPS) is 15.7. The number of aliphatic hydroxyl groups is 1. The van der Waals surface area contributed by atoms with Gasteiger partial charge in [0.2, 0.25) is 0 Å². The number of hydrogen-bond acceptors (Lipinski definition) is 4. The lowest BCUT2D eigenvalue weighted by atomic mass is 10.1. The summed E-state index contributed by atoms with van der Waals surface area (Å²) in [6.45, 7) is 9.77. The summed E-state index contributed by atoms with van der Waals surface area (Å²) in [5.74, 6) is 0. The summed E-state index contributed by atoms with van der Waals surface area (Å²) in [6.07, 6.45) is 51.0. The molecule has 0 radical (unpaired) electrons. The number of allylic oxidation sites excluding steroid dienone is 8. The Labute approximate surface area is 299 Å². The Balaban J connectivity index is 2.05. The fourth-order valence-corrected chi connectivity index (χ4v) is 6.29. The van der Waals surface area contributed by atoms with Crippen LogP contribution in [0.25, 0.3) is 0 Å². The van der Waals surface area contributed by atoms with Gasteiger partial charge >= 0.3 is 0 Å².